The average Bonchev–Trinajstić information content (AvgIpc) is 2.57. The fourth-order valence-corrected chi connectivity index (χ4v) is 1.99. The van der Waals surface area contributed by atoms with Crippen molar-refractivity contribution in [3.63, 3.8) is 0 Å². The summed E-state index contributed by atoms with van der Waals surface area (Å²) in [5.41, 5.74) is -1.22. The van der Waals surface area contributed by atoms with Crippen molar-refractivity contribution in [2.45, 2.75) is 13.8 Å². The van der Waals surface area contributed by atoms with Crippen LogP contribution >= 0.6 is 11.3 Å². The van der Waals surface area contributed by atoms with Crippen molar-refractivity contribution in [1.82, 2.24) is 20.2 Å². The van der Waals surface area contributed by atoms with Crippen LogP contribution in [0.25, 0.3) is 0 Å². The molecule has 0 unspecified atom stereocenters. The Bertz CT molecular complexity index is 694. The Morgan fingerprint density at radius 2 is 2.06 bits per heavy atom. The van der Waals surface area contributed by atoms with E-state index in [0.29, 0.717) is 5.13 Å². The molecule has 94 valence electrons. The smallest absolute Gasteiger partial charge is 0.296 e. The van der Waals surface area contributed by atoms with E-state index in [2.05, 4.69) is 15.4 Å². The SMILES string of the molecule is Cc1nc(NC(=O)c2n[nH]c(=O)[nH]c2=O)sc1C. The number of thiazole rings is 1. The molecule has 2 aromatic heterocycles. The van der Waals surface area contributed by atoms with Gasteiger partial charge in [0.05, 0.1) is 5.69 Å². The van der Waals surface area contributed by atoms with Crippen LogP contribution in [0.2, 0.25) is 0 Å². The molecule has 1 amide bonds. The molecular formula is C9H9N5O3S. The molecule has 2 aromatic rings. The van der Waals surface area contributed by atoms with Crippen LogP contribution in [0.5, 0.6) is 0 Å². The number of aromatic nitrogens is 4. The van der Waals surface area contributed by atoms with Gasteiger partial charge in [0.1, 0.15) is 0 Å². The summed E-state index contributed by atoms with van der Waals surface area (Å²) in [6.45, 7) is 3.68. The zero-order valence-electron chi connectivity index (χ0n) is 9.53. The van der Waals surface area contributed by atoms with Gasteiger partial charge in [0.15, 0.2) is 5.13 Å². The van der Waals surface area contributed by atoms with Crippen LogP contribution in [-0.4, -0.2) is 26.1 Å². The first-order valence-electron chi connectivity index (χ1n) is 4.92. The van der Waals surface area contributed by atoms with E-state index in [4.69, 9.17) is 0 Å². The molecule has 0 aliphatic rings. The number of anilines is 1. The number of nitrogens with one attached hydrogen (secondary N) is 3. The Labute approximate surface area is 104 Å². The predicted molar refractivity (Wildman–Crippen MR) is 65.0 cm³/mol. The van der Waals surface area contributed by atoms with Gasteiger partial charge in [-0.15, -0.1) is 11.3 Å². The lowest BCUT2D eigenvalue weighted by Crippen LogP contribution is -2.32. The third kappa shape index (κ3) is 2.35. The Balaban J connectivity index is 2.27. The molecule has 0 saturated carbocycles. The van der Waals surface area contributed by atoms with Crippen molar-refractivity contribution in [3.8, 4) is 0 Å². The maximum atomic E-state index is 11.7. The van der Waals surface area contributed by atoms with Gasteiger partial charge in [-0.3, -0.25) is 19.9 Å². The number of hydrogen-bond donors (Lipinski definition) is 3. The van der Waals surface area contributed by atoms with Crippen LogP contribution in [0.4, 0.5) is 5.13 Å². The topological polar surface area (TPSA) is 121 Å². The van der Waals surface area contributed by atoms with Crippen molar-refractivity contribution in [1.29, 1.82) is 0 Å². The van der Waals surface area contributed by atoms with Gasteiger partial charge < -0.3 is 0 Å². The van der Waals surface area contributed by atoms with E-state index in [0.717, 1.165) is 10.6 Å². The molecule has 2 heterocycles. The largest absolute Gasteiger partial charge is 0.342 e. The molecule has 3 N–H and O–H groups in total. The minimum Gasteiger partial charge on any atom is -0.296 e. The van der Waals surface area contributed by atoms with Gasteiger partial charge in [0.2, 0.25) is 5.69 Å². The number of aromatic amines is 2. The average molecular weight is 267 g/mol. The maximum absolute atomic E-state index is 11.7. The fraction of sp³-hybridized carbons (Fsp3) is 0.222. The first-order chi connectivity index (χ1) is 8.47. The summed E-state index contributed by atoms with van der Waals surface area (Å²) in [6.07, 6.45) is 0. The second kappa shape index (κ2) is 4.53. The van der Waals surface area contributed by atoms with Crippen LogP contribution in [-0.2, 0) is 0 Å². The van der Waals surface area contributed by atoms with Gasteiger partial charge in [-0.2, -0.15) is 5.10 Å². The highest BCUT2D eigenvalue weighted by molar-refractivity contribution is 7.15. The number of hydrogen-bond acceptors (Lipinski definition) is 6. The highest BCUT2D eigenvalue weighted by Gasteiger charge is 2.15. The highest BCUT2D eigenvalue weighted by Crippen LogP contribution is 2.21. The first kappa shape index (κ1) is 12.2. The molecule has 0 radical (unpaired) electrons. The van der Waals surface area contributed by atoms with Crippen LogP contribution in [0.3, 0.4) is 0 Å². The molecule has 9 heteroatoms. The number of H-pyrrole nitrogens is 2. The highest BCUT2D eigenvalue weighted by atomic mass is 32.1. The van der Waals surface area contributed by atoms with E-state index in [-0.39, 0.29) is 0 Å². The quantitative estimate of drug-likeness (QED) is 0.694. The normalized spacial score (nSPS) is 10.3. The maximum Gasteiger partial charge on any atom is 0.342 e. The van der Waals surface area contributed by atoms with Gasteiger partial charge in [-0.05, 0) is 13.8 Å². The van der Waals surface area contributed by atoms with E-state index in [1.807, 2.05) is 23.9 Å². The minimum absolute atomic E-state index is 0.377. The van der Waals surface area contributed by atoms with Crippen LogP contribution in [0.15, 0.2) is 9.59 Å². The monoisotopic (exact) mass is 267 g/mol. The summed E-state index contributed by atoms with van der Waals surface area (Å²) in [5.74, 6) is -0.721. The summed E-state index contributed by atoms with van der Waals surface area (Å²) >= 11 is 1.29. The molecule has 0 saturated heterocycles. The first-order valence-corrected chi connectivity index (χ1v) is 5.73. The lowest BCUT2D eigenvalue weighted by molar-refractivity contribution is 0.101. The van der Waals surface area contributed by atoms with Gasteiger partial charge in [-0.25, -0.2) is 14.9 Å². The Morgan fingerprint density at radius 1 is 1.33 bits per heavy atom. The molecule has 0 aliphatic heterocycles. The molecule has 2 rings (SSSR count). The van der Waals surface area contributed by atoms with Gasteiger partial charge in [0.25, 0.3) is 11.5 Å². The van der Waals surface area contributed by atoms with Crippen molar-refractivity contribution in [2.24, 2.45) is 0 Å². The lowest BCUT2D eigenvalue weighted by Gasteiger charge is -1.98. The molecule has 0 bridgehead atoms. The van der Waals surface area contributed by atoms with Crippen LogP contribution < -0.4 is 16.6 Å². The van der Waals surface area contributed by atoms with Gasteiger partial charge in [0, 0.05) is 4.88 Å². The molecular weight excluding hydrogens is 258 g/mol. The zero-order valence-corrected chi connectivity index (χ0v) is 10.3. The van der Waals surface area contributed by atoms with Gasteiger partial charge >= 0.3 is 5.69 Å². The van der Waals surface area contributed by atoms with E-state index < -0.39 is 22.9 Å². The molecule has 8 nitrogen and oxygen atoms in total. The second-order valence-corrected chi connectivity index (χ2v) is 4.67. The summed E-state index contributed by atoms with van der Waals surface area (Å²) in [7, 11) is 0. The summed E-state index contributed by atoms with van der Waals surface area (Å²) < 4.78 is 0. The lowest BCUT2D eigenvalue weighted by atomic mass is 10.4. The molecule has 0 fully saturated rings. The summed E-state index contributed by atoms with van der Waals surface area (Å²) in [6, 6.07) is 0. The molecule has 0 aliphatic carbocycles. The Hall–Kier alpha value is -2.29. The third-order valence-electron chi connectivity index (χ3n) is 2.18. The van der Waals surface area contributed by atoms with Gasteiger partial charge in [-0.1, -0.05) is 0 Å². The van der Waals surface area contributed by atoms with Crippen molar-refractivity contribution < 1.29 is 4.79 Å². The predicted octanol–water partition coefficient (Wildman–Crippen LogP) is -0.216. The summed E-state index contributed by atoms with van der Waals surface area (Å²) in [4.78, 5) is 40.8. The minimum atomic E-state index is -0.846. The van der Waals surface area contributed by atoms with Crippen molar-refractivity contribution >= 4 is 22.4 Å². The zero-order chi connectivity index (χ0) is 13.3. The molecule has 18 heavy (non-hydrogen) atoms. The van der Waals surface area contributed by atoms with E-state index in [1.165, 1.54) is 11.3 Å². The Morgan fingerprint density at radius 3 is 2.61 bits per heavy atom. The molecule has 0 aromatic carbocycles. The van der Waals surface area contributed by atoms with Crippen LogP contribution in [0, 0.1) is 13.8 Å². The van der Waals surface area contributed by atoms with Crippen molar-refractivity contribution in [2.75, 3.05) is 5.32 Å². The van der Waals surface area contributed by atoms with E-state index in [1.54, 1.807) is 0 Å². The Kier molecular flexibility index (Phi) is 3.06. The number of amides is 1. The van der Waals surface area contributed by atoms with Crippen molar-refractivity contribution in [3.05, 3.63) is 37.1 Å². The van der Waals surface area contributed by atoms with Crippen LogP contribution in [0.1, 0.15) is 21.1 Å². The second-order valence-electron chi connectivity index (χ2n) is 3.47. The molecule has 0 atom stereocenters. The molecule has 0 spiro atoms. The number of carbonyl (C=O) groups excluding carboxylic acids is 1. The fourth-order valence-electron chi connectivity index (χ4n) is 1.18. The van der Waals surface area contributed by atoms with E-state index >= 15 is 0 Å². The van der Waals surface area contributed by atoms with E-state index in [9.17, 15) is 14.4 Å². The summed E-state index contributed by atoms with van der Waals surface area (Å²) in [5, 5.41) is 8.19. The number of carbonyl (C=O) groups is 1. The number of rotatable bonds is 2. The standard InChI is InChI=1S/C9H9N5O3S/c1-3-4(2)18-9(10-3)12-7(16)5-6(15)11-8(17)14-13-5/h1-2H3,(H,10,12,16)(H2,11,14,15,17). The number of nitrogens with zero attached hydrogens (tertiary/aromatic N) is 2. The number of aryl methyl sites for hydroxylation is 2. The third-order valence-corrected chi connectivity index (χ3v) is 3.16.